The number of nitrogens with zero attached hydrogens (tertiary/aromatic N) is 1. The van der Waals surface area contributed by atoms with Gasteiger partial charge in [0.25, 0.3) is 0 Å². The maximum atomic E-state index is 13.6. The molecule has 0 bridgehead atoms. The molecule has 0 aliphatic carbocycles. The molecule has 0 N–H and O–H groups in total. The number of terminal acetylenes is 1. The fourth-order valence-electron chi connectivity index (χ4n) is 3.64. The molecule has 3 nitrogen and oxygen atoms in total. The van der Waals surface area contributed by atoms with Gasteiger partial charge >= 0.3 is 0 Å². The normalized spacial score (nSPS) is 15.7. The van der Waals surface area contributed by atoms with E-state index >= 15 is 0 Å². The maximum absolute atomic E-state index is 13.6. The zero-order valence-corrected chi connectivity index (χ0v) is 15.6. The van der Waals surface area contributed by atoms with Gasteiger partial charge < -0.3 is 9.64 Å². The molecule has 2 aromatic carbocycles. The van der Waals surface area contributed by atoms with Crippen molar-refractivity contribution >= 4 is 5.91 Å². The maximum Gasteiger partial charge on any atom is 0.234 e. The molecule has 0 spiro atoms. The van der Waals surface area contributed by atoms with Gasteiger partial charge in [-0.25, -0.2) is 4.39 Å². The Labute approximate surface area is 160 Å². The van der Waals surface area contributed by atoms with E-state index in [-0.39, 0.29) is 18.3 Å². The van der Waals surface area contributed by atoms with Crippen LogP contribution in [-0.4, -0.2) is 30.6 Å². The number of aryl methyl sites for hydroxylation is 1. The van der Waals surface area contributed by atoms with Crippen LogP contribution >= 0.6 is 0 Å². The highest BCUT2D eigenvalue weighted by molar-refractivity contribution is 5.88. The number of rotatable bonds is 5. The van der Waals surface area contributed by atoms with Crippen LogP contribution in [-0.2, 0) is 21.5 Å². The molecule has 27 heavy (non-hydrogen) atoms. The van der Waals surface area contributed by atoms with E-state index in [4.69, 9.17) is 11.2 Å². The van der Waals surface area contributed by atoms with E-state index in [0.717, 1.165) is 11.1 Å². The third kappa shape index (κ3) is 4.20. The highest BCUT2D eigenvalue weighted by Crippen LogP contribution is 2.37. The summed E-state index contributed by atoms with van der Waals surface area (Å²) in [6.07, 6.45) is 6.68. The zero-order chi connectivity index (χ0) is 19.3. The third-order valence-corrected chi connectivity index (χ3v) is 5.22. The fraction of sp³-hybridized carbons (Fsp3) is 0.348. The number of hydrogen-bond donors (Lipinski definition) is 0. The highest BCUT2D eigenvalue weighted by Gasteiger charge is 2.44. The van der Waals surface area contributed by atoms with Gasteiger partial charge in [-0.3, -0.25) is 4.79 Å². The van der Waals surface area contributed by atoms with Crippen LogP contribution < -0.4 is 0 Å². The lowest BCUT2D eigenvalue weighted by Gasteiger charge is -2.39. The Morgan fingerprint density at radius 1 is 1.15 bits per heavy atom. The van der Waals surface area contributed by atoms with Crippen molar-refractivity contribution in [1.82, 2.24) is 4.90 Å². The minimum atomic E-state index is -0.729. The standard InChI is InChI=1S/C23H24FNO2/c1-3-14-25(17-19-6-4-18(2)5-7-19)22(26)23(12-15-27-16-13-23)20-8-10-21(24)11-9-20/h1,4-11H,12-17H2,2H3. The van der Waals surface area contributed by atoms with Gasteiger partial charge in [-0.2, -0.15) is 0 Å². The molecule has 1 fully saturated rings. The highest BCUT2D eigenvalue weighted by atomic mass is 19.1. The summed E-state index contributed by atoms with van der Waals surface area (Å²) in [7, 11) is 0. The zero-order valence-electron chi connectivity index (χ0n) is 15.6. The molecule has 1 aliphatic heterocycles. The van der Waals surface area contributed by atoms with Crippen LogP contribution in [0.15, 0.2) is 48.5 Å². The SMILES string of the molecule is C#CCN(Cc1ccc(C)cc1)C(=O)C1(c2ccc(F)cc2)CCOCC1. The van der Waals surface area contributed by atoms with Crippen LogP contribution in [0.4, 0.5) is 4.39 Å². The Hall–Kier alpha value is -2.64. The van der Waals surface area contributed by atoms with Crippen molar-refractivity contribution in [2.75, 3.05) is 19.8 Å². The van der Waals surface area contributed by atoms with Gasteiger partial charge in [0.2, 0.25) is 5.91 Å². The number of amides is 1. The first kappa shape index (κ1) is 19.1. The van der Waals surface area contributed by atoms with Crippen molar-refractivity contribution in [3.05, 3.63) is 71.0 Å². The molecular formula is C23H24FNO2. The summed E-state index contributed by atoms with van der Waals surface area (Å²) in [6.45, 7) is 3.71. The molecule has 1 aliphatic rings. The minimum Gasteiger partial charge on any atom is -0.381 e. The van der Waals surface area contributed by atoms with Crippen LogP contribution in [0.25, 0.3) is 0 Å². The molecule has 0 unspecified atom stereocenters. The van der Waals surface area contributed by atoms with Gasteiger partial charge in [0.05, 0.1) is 12.0 Å². The van der Waals surface area contributed by atoms with Crippen molar-refractivity contribution < 1.29 is 13.9 Å². The second-order valence-electron chi connectivity index (χ2n) is 7.05. The van der Waals surface area contributed by atoms with Crippen LogP contribution in [0.1, 0.15) is 29.5 Å². The Morgan fingerprint density at radius 2 is 1.78 bits per heavy atom. The first-order valence-electron chi connectivity index (χ1n) is 9.17. The van der Waals surface area contributed by atoms with Crippen molar-refractivity contribution in [2.45, 2.75) is 31.7 Å². The van der Waals surface area contributed by atoms with Crippen molar-refractivity contribution in [1.29, 1.82) is 0 Å². The Balaban J connectivity index is 1.93. The van der Waals surface area contributed by atoms with Crippen molar-refractivity contribution in [3.8, 4) is 12.3 Å². The molecule has 0 radical (unpaired) electrons. The lowest BCUT2D eigenvalue weighted by atomic mass is 9.73. The van der Waals surface area contributed by atoms with Crippen molar-refractivity contribution in [2.24, 2.45) is 0 Å². The first-order valence-corrected chi connectivity index (χ1v) is 9.17. The molecule has 4 heteroatoms. The fourth-order valence-corrected chi connectivity index (χ4v) is 3.64. The largest absolute Gasteiger partial charge is 0.381 e. The van der Waals surface area contributed by atoms with Crippen LogP contribution in [0.3, 0.4) is 0 Å². The number of carbonyl (C=O) groups excluding carboxylic acids is 1. The lowest BCUT2D eigenvalue weighted by molar-refractivity contribution is -0.141. The molecule has 0 aromatic heterocycles. The molecule has 1 saturated heterocycles. The summed E-state index contributed by atoms with van der Waals surface area (Å²) in [5.74, 6) is 2.28. The average molecular weight is 365 g/mol. The van der Waals surface area contributed by atoms with Gasteiger partial charge in [-0.05, 0) is 43.0 Å². The van der Waals surface area contributed by atoms with Crippen LogP contribution in [0.5, 0.6) is 0 Å². The summed E-state index contributed by atoms with van der Waals surface area (Å²) in [6, 6.07) is 14.3. The number of benzene rings is 2. The molecule has 1 amide bonds. The van der Waals surface area contributed by atoms with Crippen LogP contribution in [0, 0.1) is 25.1 Å². The summed E-state index contributed by atoms with van der Waals surface area (Å²) >= 11 is 0. The predicted octanol–water partition coefficient (Wildman–Crippen LogP) is 3.84. The quantitative estimate of drug-likeness (QED) is 0.754. The van der Waals surface area contributed by atoms with E-state index in [1.807, 2.05) is 31.2 Å². The first-order chi connectivity index (χ1) is 13.0. The van der Waals surface area contributed by atoms with E-state index in [1.165, 1.54) is 17.7 Å². The third-order valence-electron chi connectivity index (χ3n) is 5.22. The molecule has 1 heterocycles. The smallest absolute Gasteiger partial charge is 0.234 e. The van der Waals surface area contributed by atoms with E-state index in [2.05, 4.69) is 5.92 Å². The van der Waals surface area contributed by atoms with E-state index < -0.39 is 5.41 Å². The number of halogens is 1. The van der Waals surface area contributed by atoms with Gasteiger partial charge in [0.15, 0.2) is 0 Å². The van der Waals surface area contributed by atoms with E-state index in [9.17, 15) is 9.18 Å². The monoisotopic (exact) mass is 365 g/mol. The molecule has 3 rings (SSSR count). The molecule has 0 saturated carbocycles. The van der Waals surface area contributed by atoms with Crippen molar-refractivity contribution in [3.63, 3.8) is 0 Å². The van der Waals surface area contributed by atoms with Gasteiger partial charge in [-0.1, -0.05) is 47.9 Å². The van der Waals surface area contributed by atoms with E-state index in [1.54, 1.807) is 17.0 Å². The summed E-state index contributed by atoms with van der Waals surface area (Å²) in [5, 5.41) is 0. The minimum absolute atomic E-state index is 0.0177. The summed E-state index contributed by atoms with van der Waals surface area (Å²) < 4.78 is 18.9. The molecule has 140 valence electrons. The van der Waals surface area contributed by atoms with E-state index in [0.29, 0.717) is 32.6 Å². The lowest BCUT2D eigenvalue weighted by Crippen LogP contribution is -2.49. The molecule has 0 atom stereocenters. The molecule has 2 aromatic rings. The Kier molecular flexibility index (Phi) is 5.93. The van der Waals surface area contributed by atoms with Gasteiger partial charge in [0.1, 0.15) is 5.82 Å². The Morgan fingerprint density at radius 3 is 2.37 bits per heavy atom. The number of carbonyl (C=O) groups is 1. The topological polar surface area (TPSA) is 29.5 Å². The second-order valence-corrected chi connectivity index (χ2v) is 7.05. The molecular weight excluding hydrogens is 341 g/mol. The van der Waals surface area contributed by atoms with Gasteiger partial charge in [0, 0.05) is 19.8 Å². The number of hydrogen-bond acceptors (Lipinski definition) is 2. The van der Waals surface area contributed by atoms with Gasteiger partial charge in [-0.15, -0.1) is 6.42 Å². The Bertz CT molecular complexity index is 815. The number of ether oxygens (including phenoxy) is 1. The summed E-state index contributed by atoms with van der Waals surface area (Å²) in [5.41, 5.74) is 2.29. The predicted molar refractivity (Wildman–Crippen MR) is 104 cm³/mol. The average Bonchev–Trinajstić information content (AvgIpc) is 2.70. The second kappa shape index (κ2) is 8.37. The summed E-state index contributed by atoms with van der Waals surface area (Å²) in [4.78, 5) is 15.4. The van der Waals surface area contributed by atoms with Crippen LogP contribution in [0.2, 0.25) is 0 Å².